The van der Waals surface area contributed by atoms with Gasteiger partial charge in [-0.25, -0.2) is 8.42 Å². The van der Waals surface area contributed by atoms with Crippen molar-refractivity contribution in [3.05, 3.63) is 47.0 Å². The number of benzene rings is 2. The molecule has 26 heavy (non-hydrogen) atoms. The molecule has 0 atom stereocenters. The van der Waals surface area contributed by atoms with Gasteiger partial charge in [0.25, 0.3) is 5.91 Å². The standard InChI is InChI=1S/C18H18ClN3O3S/c19-12-4-6-16-17(10-12)21-18(23)14-11-13(5-7-15(14)20-16)26(24,25)22-8-2-1-3-9-22/h4-7,10-11,20H,1-3,8-9H2,(H,21,23). The first kappa shape index (κ1) is 17.3. The fourth-order valence-corrected chi connectivity index (χ4v) is 5.01. The Bertz CT molecular complexity index is 985. The molecule has 2 aromatic carbocycles. The number of rotatable bonds is 2. The van der Waals surface area contributed by atoms with Gasteiger partial charge in [0, 0.05) is 18.1 Å². The molecule has 1 fully saturated rings. The van der Waals surface area contributed by atoms with E-state index in [1.807, 2.05) is 0 Å². The predicted molar refractivity (Wildman–Crippen MR) is 102 cm³/mol. The van der Waals surface area contributed by atoms with E-state index in [9.17, 15) is 13.2 Å². The Morgan fingerprint density at radius 3 is 2.38 bits per heavy atom. The molecule has 1 saturated heterocycles. The molecule has 2 heterocycles. The molecular formula is C18H18ClN3O3S. The molecule has 0 spiro atoms. The zero-order chi connectivity index (χ0) is 18.3. The number of halogens is 1. The Balaban J connectivity index is 1.73. The van der Waals surface area contributed by atoms with Crippen LogP contribution in [-0.4, -0.2) is 31.7 Å². The zero-order valence-corrected chi connectivity index (χ0v) is 15.5. The summed E-state index contributed by atoms with van der Waals surface area (Å²) in [4.78, 5) is 12.8. The van der Waals surface area contributed by atoms with Gasteiger partial charge in [-0.15, -0.1) is 0 Å². The van der Waals surface area contributed by atoms with E-state index in [2.05, 4.69) is 10.6 Å². The highest BCUT2D eigenvalue weighted by Crippen LogP contribution is 2.35. The van der Waals surface area contributed by atoms with Crippen LogP contribution in [0.5, 0.6) is 0 Å². The summed E-state index contributed by atoms with van der Waals surface area (Å²) < 4.78 is 27.3. The van der Waals surface area contributed by atoms with Crippen LogP contribution in [0.2, 0.25) is 5.02 Å². The first-order chi connectivity index (χ1) is 12.4. The van der Waals surface area contributed by atoms with Crippen LogP contribution in [0, 0.1) is 0 Å². The highest BCUT2D eigenvalue weighted by atomic mass is 35.5. The van der Waals surface area contributed by atoms with Gasteiger partial charge in [0.1, 0.15) is 0 Å². The second-order valence-electron chi connectivity index (χ2n) is 6.44. The van der Waals surface area contributed by atoms with Gasteiger partial charge < -0.3 is 10.6 Å². The number of sulfonamides is 1. The van der Waals surface area contributed by atoms with E-state index in [0.29, 0.717) is 35.2 Å². The molecule has 0 unspecified atom stereocenters. The third-order valence-electron chi connectivity index (χ3n) is 4.69. The minimum Gasteiger partial charge on any atom is -0.353 e. The number of anilines is 3. The van der Waals surface area contributed by atoms with Crippen LogP contribution in [0.15, 0.2) is 41.3 Å². The van der Waals surface area contributed by atoms with Crippen molar-refractivity contribution in [2.45, 2.75) is 24.2 Å². The average molecular weight is 392 g/mol. The maximum atomic E-state index is 12.9. The normalized spacial score (nSPS) is 17.5. The molecular weight excluding hydrogens is 374 g/mol. The van der Waals surface area contributed by atoms with Gasteiger partial charge in [-0.3, -0.25) is 4.79 Å². The minimum absolute atomic E-state index is 0.138. The van der Waals surface area contributed by atoms with Gasteiger partial charge in [-0.2, -0.15) is 4.31 Å². The molecule has 0 radical (unpaired) electrons. The molecule has 6 nitrogen and oxygen atoms in total. The van der Waals surface area contributed by atoms with Gasteiger partial charge in [0.2, 0.25) is 10.0 Å². The highest BCUT2D eigenvalue weighted by Gasteiger charge is 2.28. The van der Waals surface area contributed by atoms with Crippen molar-refractivity contribution in [3.63, 3.8) is 0 Å². The van der Waals surface area contributed by atoms with E-state index >= 15 is 0 Å². The number of piperidine rings is 1. The van der Waals surface area contributed by atoms with E-state index < -0.39 is 10.0 Å². The minimum atomic E-state index is -3.60. The van der Waals surface area contributed by atoms with Crippen LogP contribution >= 0.6 is 11.6 Å². The first-order valence-corrected chi connectivity index (χ1v) is 10.3. The molecule has 2 aliphatic rings. The number of hydrogen-bond donors (Lipinski definition) is 2. The van der Waals surface area contributed by atoms with E-state index in [4.69, 9.17) is 11.6 Å². The molecule has 1 amide bonds. The Labute approximate surface area is 157 Å². The first-order valence-electron chi connectivity index (χ1n) is 8.47. The molecule has 2 aromatic rings. The molecule has 0 bridgehead atoms. The maximum Gasteiger partial charge on any atom is 0.257 e. The summed E-state index contributed by atoms with van der Waals surface area (Å²) in [6.07, 6.45) is 2.77. The van der Waals surface area contributed by atoms with Crippen molar-refractivity contribution in [2.24, 2.45) is 0 Å². The van der Waals surface area contributed by atoms with Gasteiger partial charge in [0.05, 0.1) is 27.5 Å². The quantitative estimate of drug-likeness (QED) is 0.815. The number of fused-ring (bicyclic) bond motifs is 2. The number of hydrogen-bond acceptors (Lipinski definition) is 4. The molecule has 2 aliphatic heterocycles. The molecule has 4 rings (SSSR count). The van der Waals surface area contributed by atoms with Gasteiger partial charge in [-0.05, 0) is 49.2 Å². The Hall–Kier alpha value is -2.09. The number of carbonyl (C=O) groups is 1. The van der Waals surface area contributed by atoms with Gasteiger partial charge in [0.15, 0.2) is 0 Å². The van der Waals surface area contributed by atoms with Crippen LogP contribution in [0.1, 0.15) is 29.6 Å². The van der Waals surface area contributed by atoms with Gasteiger partial charge in [-0.1, -0.05) is 18.0 Å². The lowest BCUT2D eigenvalue weighted by Crippen LogP contribution is -2.35. The maximum absolute atomic E-state index is 12.9. The lowest BCUT2D eigenvalue weighted by molar-refractivity contribution is 0.102. The fourth-order valence-electron chi connectivity index (χ4n) is 3.30. The van der Waals surface area contributed by atoms with Crippen LogP contribution in [0.3, 0.4) is 0 Å². The summed E-state index contributed by atoms with van der Waals surface area (Å²) >= 11 is 6.00. The summed E-state index contributed by atoms with van der Waals surface area (Å²) in [5.41, 5.74) is 2.10. The Kier molecular flexibility index (Phi) is 4.38. The van der Waals surface area contributed by atoms with Crippen molar-refractivity contribution < 1.29 is 13.2 Å². The number of nitrogens with zero attached hydrogens (tertiary/aromatic N) is 1. The van der Waals surface area contributed by atoms with Crippen molar-refractivity contribution in [2.75, 3.05) is 23.7 Å². The molecule has 0 aliphatic carbocycles. The lowest BCUT2D eigenvalue weighted by atomic mass is 10.1. The summed E-state index contributed by atoms with van der Waals surface area (Å²) in [5, 5.41) is 6.46. The molecule has 8 heteroatoms. The van der Waals surface area contributed by atoms with Crippen molar-refractivity contribution in [1.82, 2.24) is 4.31 Å². The zero-order valence-electron chi connectivity index (χ0n) is 14.0. The van der Waals surface area contributed by atoms with Crippen molar-refractivity contribution >= 4 is 44.6 Å². The number of amides is 1. The highest BCUT2D eigenvalue weighted by molar-refractivity contribution is 7.89. The monoisotopic (exact) mass is 391 g/mol. The third-order valence-corrected chi connectivity index (χ3v) is 6.82. The molecule has 2 N–H and O–H groups in total. The summed E-state index contributed by atoms with van der Waals surface area (Å²) in [6, 6.07) is 9.76. The Morgan fingerprint density at radius 1 is 0.885 bits per heavy atom. The second kappa shape index (κ2) is 6.57. The third kappa shape index (κ3) is 3.06. The van der Waals surface area contributed by atoms with Gasteiger partial charge >= 0.3 is 0 Å². The summed E-state index contributed by atoms with van der Waals surface area (Å²) in [7, 11) is -3.60. The molecule has 0 saturated carbocycles. The van der Waals surface area contributed by atoms with Crippen LogP contribution in [-0.2, 0) is 10.0 Å². The van der Waals surface area contributed by atoms with E-state index in [1.165, 1.54) is 10.4 Å². The van der Waals surface area contributed by atoms with Crippen LogP contribution in [0.25, 0.3) is 0 Å². The largest absolute Gasteiger partial charge is 0.353 e. The predicted octanol–water partition coefficient (Wildman–Crippen LogP) is 3.82. The number of nitrogens with one attached hydrogen (secondary N) is 2. The lowest BCUT2D eigenvalue weighted by Gasteiger charge is -2.26. The SMILES string of the molecule is O=C1Nc2cc(Cl)ccc2Nc2ccc(S(=O)(=O)N3CCCCC3)cc21. The van der Waals surface area contributed by atoms with E-state index in [1.54, 1.807) is 30.3 Å². The average Bonchev–Trinajstić information content (AvgIpc) is 2.77. The number of carbonyl (C=O) groups excluding carboxylic acids is 1. The van der Waals surface area contributed by atoms with Crippen molar-refractivity contribution in [3.8, 4) is 0 Å². The second-order valence-corrected chi connectivity index (χ2v) is 8.82. The van der Waals surface area contributed by atoms with E-state index in [-0.39, 0.29) is 16.4 Å². The topological polar surface area (TPSA) is 78.5 Å². The Morgan fingerprint density at radius 2 is 1.62 bits per heavy atom. The van der Waals surface area contributed by atoms with Crippen LogP contribution < -0.4 is 10.6 Å². The fraction of sp³-hybridized carbons (Fsp3) is 0.278. The van der Waals surface area contributed by atoms with Crippen molar-refractivity contribution in [1.29, 1.82) is 0 Å². The van der Waals surface area contributed by atoms with E-state index in [0.717, 1.165) is 19.3 Å². The van der Waals surface area contributed by atoms with Crippen LogP contribution in [0.4, 0.5) is 17.1 Å². The summed E-state index contributed by atoms with van der Waals surface area (Å²) in [5.74, 6) is -0.371. The molecule has 0 aromatic heterocycles. The smallest absolute Gasteiger partial charge is 0.257 e. The molecule has 136 valence electrons. The summed E-state index contributed by atoms with van der Waals surface area (Å²) in [6.45, 7) is 1.04.